The molecule has 0 unspecified atom stereocenters. The second-order valence-corrected chi connectivity index (χ2v) is 6.37. The Morgan fingerprint density at radius 3 is 2.96 bits per heavy atom. The number of esters is 1. The molecule has 0 N–H and O–H groups in total. The first-order chi connectivity index (χ1) is 12.2. The Bertz CT molecular complexity index is 1130. The quantitative estimate of drug-likeness (QED) is 0.529. The lowest BCUT2D eigenvalue weighted by molar-refractivity contribution is 0.0490. The van der Waals surface area contributed by atoms with Crippen molar-refractivity contribution in [1.82, 2.24) is 14.5 Å². The van der Waals surface area contributed by atoms with Gasteiger partial charge in [-0.1, -0.05) is 12.1 Å². The van der Waals surface area contributed by atoms with Gasteiger partial charge in [-0.25, -0.2) is 9.78 Å². The van der Waals surface area contributed by atoms with E-state index in [-0.39, 0.29) is 18.7 Å². The van der Waals surface area contributed by atoms with E-state index in [9.17, 15) is 9.59 Å². The first-order valence-electron chi connectivity index (χ1n) is 7.67. The Morgan fingerprint density at radius 2 is 2.04 bits per heavy atom. The number of carbonyl (C=O) groups is 1. The number of para-hydroxylation sites is 1. The minimum Gasteiger partial charge on any atom is -0.460 e. The van der Waals surface area contributed by atoms with E-state index in [1.807, 2.05) is 17.5 Å². The smallest absolute Gasteiger partial charge is 0.339 e. The largest absolute Gasteiger partial charge is 0.460 e. The minimum absolute atomic E-state index is 0.0846. The molecule has 3 heterocycles. The van der Waals surface area contributed by atoms with Crippen molar-refractivity contribution in [1.29, 1.82) is 0 Å². The van der Waals surface area contributed by atoms with Gasteiger partial charge in [-0.05, 0) is 29.6 Å². The second-order valence-electron chi connectivity index (χ2n) is 5.42. The number of hydrogen-bond donors (Lipinski definition) is 0. The highest BCUT2D eigenvalue weighted by atomic mass is 32.1. The number of fused-ring (bicyclic) bond motifs is 2. The Morgan fingerprint density at radius 1 is 1.16 bits per heavy atom. The van der Waals surface area contributed by atoms with Gasteiger partial charge in [-0.3, -0.25) is 14.3 Å². The van der Waals surface area contributed by atoms with E-state index in [2.05, 4.69) is 9.97 Å². The van der Waals surface area contributed by atoms with Gasteiger partial charge in [0.1, 0.15) is 6.61 Å². The highest BCUT2D eigenvalue weighted by Gasteiger charge is 2.10. The van der Waals surface area contributed by atoms with Gasteiger partial charge in [0.05, 0.1) is 39.6 Å². The molecule has 3 aromatic heterocycles. The molecule has 4 aromatic rings. The zero-order valence-electron chi connectivity index (χ0n) is 13.1. The average molecular weight is 351 g/mol. The lowest BCUT2D eigenvalue weighted by atomic mass is 10.2. The van der Waals surface area contributed by atoms with E-state index in [0.29, 0.717) is 16.5 Å². The van der Waals surface area contributed by atoms with Crippen LogP contribution >= 0.6 is 11.3 Å². The molecule has 0 bridgehead atoms. The summed E-state index contributed by atoms with van der Waals surface area (Å²) < 4.78 is 7.64. The number of hydrogen-bond acceptors (Lipinski definition) is 6. The molecule has 4 rings (SSSR count). The SMILES string of the molecule is O=C(OCCn1cnc2ccccc2c1=O)c1cnc2ccsc2c1. The van der Waals surface area contributed by atoms with Crippen LogP contribution in [-0.2, 0) is 11.3 Å². The average Bonchev–Trinajstić information content (AvgIpc) is 3.11. The topological polar surface area (TPSA) is 74.1 Å². The van der Waals surface area contributed by atoms with Gasteiger partial charge in [-0.2, -0.15) is 0 Å². The Kier molecular flexibility index (Phi) is 3.99. The zero-order chi connectivity index (χ0) is 17.2. The van der Waals surface area contributed by atoms with Crippen LogP contribution in [0.5, 0.6) is 0 Å². The van der Waals surface area contributed by atoms with Gasteiger partial charge < -0.3 is 4.74 Å². The maximum Gasteiger partial charge on any atom is 0.339 e. The lowest BCUT2D eigenvalue weighted by Crippen LogP contribution is -2.23. The van der Waals surface area contributed by atoms with Crippen molar-refractivity contribution in [3.63, 3.8) is 0 Å². The van der Waals surface area contributed by atoms with E-state index in [1.165, 1.54) is 28.4 Å². The number of nitrogens with zero attached hydrogens (tertiary/aromatic N) is 3. The van der Waals surface area contributed by atoms with E-state index in [4.69, 9.17) is 4.74 Å². The first-order valence-corrected chi connectivity index (χ1v) is 8.55. The van der Waals surface area contributed by atoms with E-state index < -0.39 is 5.97 Å². The third kappa shape index (κ3) is 3.01. The van der Waals surface area contributed by atoms with Crippen LogP contribution in [0.2, 0.25) is 0 Å². The molecule has 0 aliphatic carbocycles. The normalized spacial score (nSPS) is 11.0. The van der Waals surface area contributed by atoms with Gasteiger partial charge >= 0.3 is 5.97 Å². The monoisotopic (exact) mass is 351 g/mol. The van der Waals surface area contributed by atoms with Crippen molar-refractivity contribution in [2.75, 3.05) is 6.61 Å². The molecular weight excluding hydrogens is 338 g/mol. The van der Waals surface area contributed by atoms with Gasteiger partial charge in [0, 0.05) is 6.20 Å². The van der Waals surface area contributed by atoms with E-state index in [1.54, 1.807) is 24.3 Å². The molecule has 0 radical (unpaired) electrons. The summed E-state index contributed by atoms with van der Waals surface area (Å²) in [5, 5.41) is 2.47. The van der Waals surface area contributed by atoms with Crippen LogP contribution < -0.4 is 5.56 Å². The van der Waals surface area contributed by atoms with Crippen molar-refractivity contribution < 1.29 is 9.53 Å². The summed E-state index contributed by atoms with van der Waals surface area (Å²) in [7, 11) is 0. The minimum atomic E-state index is -0.454. The maximum absolute atomic E-state index is 12.4. The summed E-state index contributed by atoms with van der Waals surface area (Å²) in [5.41, 5.74) is 1.76. The molecule has 1 aromatic carbocycles. The predicted octanol–water partition coefficient (Wildman–Crippen LogP) is 2.86. The zero-order valence-corrected chi connectivity index (χ0v) is 13.9. The summed E-state index contributed by atoms with van der Waals surface area (Å²) in [4.78, 5) is 33.0. The molecular formula is C18H13N3O3S. The molecule has 0 atom stereocenters. The summed E-state index contributed by atoms with van der Waals surface area (Å²) in [6, 6.07) is 10.8. The number of rotatable bonds is 4. The fraction of sp³-hybridized carbons (Fsp3) is 0.111. The maximum atomic E-state index is 12.4. The third-order valence-corrected chi connectivity index (χ3v) is 4.69. The van der Waals surface area contributed by atoms with Crippen molar-refractivity contribution >= 4 is 38.4 Å². The Balaban J connectivity index is 1.46. The van der Waals surface area contributed by atoms with Crippen LogP contribution in [0.15, 0.2) is 59.1 Å². The highest BCUT2D eigenvalue weighted by molar-refractivity contribution is 7.17. The van der Waals surface area contributed by atoms with Crippen LogP contribution in [0, 0.1) is 0 Å². The molecule has 0 saturated carbocycles. The van der Waals surface area contributed by atoms with Gasteiger partial charge in [-0.15, -0.1) is 11.3 Å². The summed E-state index contributed by atoms with van der Waals surface area (Å²) >= 11 is 1.52. The predicted molar refractivity (Wildman–Crippen MR) is 95.9 cm³/mol. The van der Waals surface area contributed by atoms with E-state index >= 15 is 0 Å². The second kappa shape index (κ2) is 6.45. The molecule has 0 spiro atoms. The van der Waals surface area contributed by atoms with Crippen LogP contribution in [0.1, 0.15) is 10.4 Å². The van der Waals surface area contributed by atoms with Crippen LogP contribution in [0.25, 0.3) is 21.1 Å². The van der Waals surface area contributed by atoms with Crippen molar-refractivity contribution in [2.45, 2.75) is 6.54 Å². The van der Waals surface area contributed by atoms with Crippen LogP contribution in [0.3, 0.4) is 0 Å². The van der Waals surface area contributed by atoms with Gasteiger partial charge in [0.2, 0.25) is 0 Å². The number of pyridine rings is 1. The summed E-state index contributed by atoms with van der Waals surface area (Å²) in [6.07, 6.45) is 2.97. The molecule has 0 aliphatic rings. The Labute approximate surface area is 146 Å². The van der Waals surface area contributed by atoms with Crippen molar-refractivity contribution in [2.24, 2.45) is 0 Å². The molecule has 6 nitrogen and oxygen atoms in total. The summed E-state index contributed by atoms with van der Waals surface area (Å²) in [5.74, 6) is -0.454. The number of carbonyl (C=O) groups excluding carboxylic acids is 1. The van der Waals surface area contributed by atoms with Gasteiger partial charge in [0.25, 0.3) is 5.56 Å². The first kappa shape index (κ1) is 15.5. The molecule has 124 valence electrons. The third-order valence-electron chi connectivity index (χ3n) is 3.84. The van der Waals surface area contributed by atoms with Crippen molar-refractivity contribution in [3.8, 4) is 0 Å². The Hall–Kier alpha value is -3.06. The lowest BCUT2D eigenvalue weighted by Gasteiger charge is -2.08. The van der Waals surface area contributed by atoms with E-state index in [0.717, 1.165) is 10.2 Å². The molecule has 7 heteroatoms. The fourth-order valence-corrected chi connectivity index (χ4v) is 3.32. The standard InChI is InChI=1S/C18H13N3O3S/c22-17-13-3-1-2-4-14(13)20-11-21(17)6-7-24-18(23)12-9-16-15(19-10-12)5-8-25-16/h1-5,8-11H,6-7H2. The van der Waals surface area contributed by atoms with Crippen molar-refractivity contribution in [3.05, 3.63) is 70.2 Å². The molecule has 0 saturated heterocycles. The highest BCUT2D eigenvalue weighted by Crippen LogP contribution is 2.19. The number of ether oxygens (including phenoxy) is 1. The molecule has 0 fully saturated rings. The molecule has 0 aliphatic heterocycles. The van der Waals surface area contributed by atoms with Crippen LogP contribution in [0.4, 0.5) is 0 Å². The number of aromatic nitrogens is 3. The fourth-order valence-electron chi connectivity index (χ4n) is 2.54. The summed E-state index contributed by atoms with van der Waals surface area (Å²) in [6.45, 7) is 0.332. The van der Waals surface area contributed by atoms with Crippen LogP contribution in [-0.4, -0.2) is 27.1 Å². The molecule has 0 amide bonds. The number of thiophene rings is 1. The van der Waals surface area contributed by atoms with Gasteiger partial charge in [0.15, 0.2) is 0 Å². The molecule has 25 heavy (non-hydrogen) atoms. The number of benzene rings is 1.